The maximum absolute atomic E-state index is 14.3. The number of carboxylic acid groups (broad SMARTS) is 1. The highest BCUT2D eigenvalue weighted by Gasteiger charge is 2.44. The van der Waals surface area contributed by atoms with E-state index in [0.717, 1.165) is 18.4 Å². The monoisotopic (exact) mass is 627 g/mol. The quantitative estimate of drug-likeness (QED) is 0.324. The van der Waals surface area contributed by atoms with Crippen molar-refractivity contribution in [3.05, 3.63) is 35.9 Å². The third-order valence-corrected chi connectivity index (χ3v) is 9.95. The van der Waals surface area contributed by atoms with Crippen molar-refractivity contribution in [3.8, 4) is 0 Å². The summed E-state index contributed by atoms with van der Waals surface area (Å²) in [6.45, 7) is 15.7. The molecular weight excluding hydrogens is 570 g/mol. The lowest BCUT2D eigenvalue weighted by Gasteiger charge is -2.44. The van der Waals surface area contributed by atoms with Crippen molar-refractivity contribution in [1.29, 1.82) is 0 Å². The van der Waals surface area contributed by atoms with E-state index in [4.69, 9.17) is 0 Å². The number of nitrogens with one attached hydrogen (secondary N) is 2. The maximum Gasteiger partial charge on any atom is 0.326 e. The molecule has 10 heteroatoms. The van der Waals surface area contributed by atoms with Gasteiger partial charge in [0.15, 0.2) is 0 Å². The summed E-state index contributed by atoms with van der Waals surface area (Å²) in [6.07, 6.45) is 3.70. The molecular formula is C35H57N5O5. The van der Waals surface area contributed by atoms with Crippen LogP contribution in [0, 0.1) is 11.3 Å². The minimum absolute atomic E-state index is 0.0774. The molecule has 45 heavy (non-hydrogen) atoms. The summed E-state index contributed by atoms with van der Waals surface area (Å²) < 4.78 is 0. The van der Waals surface area contributed by atoms with Gasteiger partial charge in [-0.15, -0.1) is 0 Å². The van der Waals surface area contributed by atoms with Gasteiger partial charge >= 0.3 is 5.97 Å². The minimum Gasteiger partial charge on any atom is -0.480 e. The van der Waals surface area contributed by atoms with Crippen LogP contribution in [0.5, 0.6) is 0 Å². The average Bonchev–Trinajstić information content (AvgIpc) is 3.48. The van der Waals surface area contributed by atoms with Crippen LogP contribution in [0.15, 0.2) is 30.3 Å². The summed E-state index contributed by atoms with van der Waals surface area (Å²) in [7, 11) is 3.56. The van der Waals surface area contributed by atoms with E-state index in [-0.39, 0.29) is 29.7 Å². The minimum atomic E-state index is -0.948. The van der Waals surface area contributed by atoms with Gasteiger partial charge in [0.1, 0.15) is 12.1 Å². The van der Waals surface area contributed by atoms with Crippen LogP contribution in [-0.4, -0.2) is 107 Å². The third kappa shape index (κ3) is 8.44. The van der Waals surface area contributed by atoms with Gasteiger partial charge in [-0.1, -0.05) is 85.2 Å². The van der Waals surface area contributed by atoms with Crippen LogP contribution >= 0.6 is 0 Å². The number of carbonyl (C=O) groups excluding carboxylic acids is 3. The second kappa shape index (κ2) is 15.1. The van der Waals surface area contributed by atoms with Crippen LogP contribution in [0.25, 0.3) is 0 Å². The summed E-state index contributed by atoms with van der Waals surface area (Å²) >= 11 is 0. The molecule has 1 aromatic carbocycles. The Kier molecular flexibility index (Phi) is 12.2. The number of piperidine rings is 1. The Hall–Kier alpha value is -2.98. The van der Waals surface area contributed by atoms with Gasteiger partial charge in [0, 0.05) is 31.6 Å². The summed E-state index contributed by atoms with van der Waals surface area (Å²) in [5.41, 5.74) is -0.0875. The van der Waals surface area contributed by atoms with Gasteiger partial charge in [-0.3, -0.25) is 19.3 Å². The second-order valence-corrected chi connectivity index (χ2v) is 14.9. The van der Waals surface area contributed by atoms with Gasteiger partial charge in [0.2, 0.25) is 17.7 Å². The van der Waals surface area contributed by atoms with Gasteiger partial charge < -0.3 is 25.5 Å². The van der Waals surface area contributed by atoms with Crippen molar-refractivity contribution in [2.45, 2.75) is 116 Å². The first-order chi connectivity index (χ1) is 21.0. The zero-order valence-corrected chi connectivity index (χ0v) is 28.9. The molecule has 0 bridgehead atoms. The molecule has 0 saturated carbocycles. The Morgan fingerprint density at radius 3 is 2.11 bits per heavy atom. The number of carboxylic acids is 1. The molecule has 0 radical (unpaired) electrons. The molecule has 2 saturated heterocycles. The fourth-order valence-corrected chi connectivity index (χ4v) is 7.08. The largest absolute Gasteiger partial charge is 0.480 e. The van der Waals surface area contributed by atoms with Crippen LogP contribution in [-0.2, 0) is 24.6 Å². The summed E-state index contributed by atoms with van der Waals surface area (Å²) in [5.74, 6) is -1.40. The Labute approximate surface area is 270 Å². The number of hydrogen-bond acceptors (Lipinski definition) is 6. The molecule has 252 valence electrons. The maximum atomic E-state index is 14.3. The molecule has 5 atom stereocenters. The van der Waals surface area contributed by atoms with E-state index in [0.29, 0.717) is 38.9 Å². The number of rotatable bonds is 12. The molecule has 2 heterocycles. The van der Waals surface area contributed by atoms with Gasteiger partial charge in [-0.2, -0.15) is 0 Å². The van der Waals surface area contributed by atoms with Gasteiger partial charge in [-0.25, -0.2) is 4.79 Å². The first-order valence-corrected chi connectivity index (χ1v) is 16.6. The highest BCUT2D eigenvalue weighted by atomic mass is 16.4. The molecule has 3 N–H and O–H groups in total. The predicted molar refractivity (Wildman–Crippen MR) is 177 cm³/mol. The van der Waals surface area contributed by atoms with E-state index >= 15 is 0 Å². The van der Waals surface area contributed by atoms with Crippen LogP contribution in [0.4, 0.5) is 0 Å². The number of benzene rings is 1. The zero-order chi connectivity index (χ0) is 33.7. The van der Waals surface area contributed by atoms with Crippen LogP contribution in [0.1, 0.15) is 86.1 Å². The standard InChI is InChI=1S/C35H57N5O5/c1-23(2)27(22-39-20-14-13-18-25(39)31(42)40-21-15-19-26(40)33(44)45)38(9)32(43)29(34(3,4)5)37-30(41)28(36-8)35(6,7)24-16-11-10-12-17-24/h10-12,16-17,23,25-29,36H,13-15,18-22H2,1-9H3,(H,37,41)(H,44,45)/t25?,26-,27+,28?,29+/m0/s1. The third-order valence-electron chi connectivity index (χ3n) is 9.95. The van der Waals surface area contributed by atoms with E-state index in [1.165, 1.54) is 0 Å². The van der Waals surface area contributed by atoms with Gasteiger partial charge in [0.25, 0.3) is 0 Å². The lowest BCUT2D eigenvalue weighted by Crippen LogP contribution is -2.63. The number of aliphatic carboxylic acids is 1. The average molecular weight is 628 g/mol. The van der Waals surface area contributed by atoms with E-state index in [9.17, 15) is 24.3 Å². The molecule has 2 aliphatic heterocycles. The van der Waals surface area contributed by atoms with E-state index in [1.807, 2.05) is 65.0 Å². The molecule has 2 fully saturated rings. The SMILES string of the molecule is CNC(C(=O)N[C@H](C(=O)N(C)[C@H](CN1CCCCC1C(=O)N1CCC[C@H]1C(=O)O)C(C)C)C(C)(C)C)C(C)(C)c1ccccc1. The number of amides is 3. The first kappa shape index (κ1) is 36.5. The van der Waals surface area contributed by atoms with Crippen LogP contribution in [0.2, 0.25) is 0 Å². The highest BCUT2D eigenvalue weighted by Crippen LogP contribution is 2.30. The first-order valence-electron chi connectivity index (χ1n) is 16.6. The number of hydrogen-bond donors (Lipinski definition) is 3. The lowest BCUT2D eigenvalue weighted by molar-refractivity contribution is -0.151. The normalized spacial score (nSPS) is 21.7. The van der Waals surface area contributed by atoms with Gasteiger partial charge in [-0.05, 0) is 56.2 Å². The number of likely N-dealkylation sites (tertiary alicyclic amines) is 2. The summed E-state index contributed by atoms with van der Waals surface area (Å²) in [4.78, 5) is 59.2. The molecule has 1 aromatic rings. The molecule has 2 unspecified atom stereocenters. The highest BCUT2D eigenvalue weighted by molar-refractivity contribution is 5.91. The lowest BCUT2D eigenvalue weighted by atomic mass is 9.76. The van der Waals surface area contributed by atoms with Crippen LogP contribution in [0.3, 0.4) is 0 Å². The van der Waals surface area contributed by atoms with Crippen molar-refractivity contribution in [2.75, 3.05) is 33.7 Å². The number of nitrogens with zero attached hydrogens (tertiary/aromatic N) is 3. The molecule has 10 nitrogen and oxygen atoms in total. The molecule has 0 spiro atoms. The zero-order valence-electron chi connectivity index (χ0n) is 28.9. The molecule has 0 aliphatic carbocycles. The van der Waals surface area contributed by atoms with Crippen molar-refractivity contribution in [3.63, 3.8) is 0 Å². The molecule has 3 rings (SSSR count). The number of likely N-dealkylation sites (N-methyl/N-ethyl adjacent to an activating group) is 2. The summed E-state index contributed by atoms with van der Waals surface area (Å²) in [6, 6.07) is 7.13. The molecule has 3 amide bonds. The Morgan fingerprint density at radius 1 is 0.933 bits per heavy atom. The fraction of sp³-hybridized carbons (Fsp3) is 0.714. The van der Waals surface area contributed by atoms with E-state index < -0.39 is 41.0 Å². The topological polar surface area (TPSA) is 122 Å². The second-order valence-electron chi connectivity index (χ2n) is 14.9. The van der Waals surface area contributed by atoms with Crippen molar-refractivity contribution < 1.29 is 24.3 Å². The Balaban J connectivity index is 1.82. The fourth-order valence-electron chi connectivity index (χ4n) is 7.08. The molecule has 0 aromatic heterocycles. The Bertz CT molecular complexity index is 1180. The van der Waals surface area contributed by atoms with E-state index in [2.05, 4.69) is 29.4 Å². The Morgan fingerprint density at radius 2 is 1.56 bits per heavy atom. The molecule has 2 aliphatic rings. The summed E-state index contributed by atoms with van der Waals surface area (Å²) in [5, 5.41) is 16.0. The number of carbonyl (C=O) groups is 4. The predicted octanol–water partition coefficient (Wildman–Crippen LogP) is 3.50. The van der Waals surface area contributed by atoms with Gasteiger partial charge in [0.05, 0.1) is 12.1 Å². The smallest absolute Gasteiger partial charge is 0.326 e. The van der Waals surface area contributed by atoms with Crippen molar-refractivity contribution in [2.24, 2.45) is 11.3 Å². The van der Waals surface area contributed by atoms with E-state index in [1.54, 1.807) is 23.9 Å². The van der Waals surface area contributed by atoms with Crippen molar-refractivity contribution in [1.82, 2.24) is 25.3 Å². The van der Waals surface area contributed by atoms with Crippen LogP contribution < -0.4 is 10.6 Å². The van der Waals surface area contributed by atoms with Crippen molar-refractivity contribution >= 4 is 23.7 Å².